The van der Waals surface area contributed by atoms with Gasteiger partial charge in [-0.15, -0.1) is 0 Å². The minimum absolute atomic E-state index is 0.0411. The first-order valence-electron chi connectivity index (χ1n) is 10.2. The fourth-order valence-electron chi connectivity index (χ4n) is 3.23. The number of allylic oxidation sites excluding steroid dienone is 1. The van der Waals surface area contributed by atoms with Crippen molar-refractivity contribution in [1.29, 1.82) is 0 Å². The highest BCUT2D eigenvalue weighted by atomic mass is 35.5. The first-order chi connectivity index (χ1) is 17.6. The number of rotatable bonds is 6. The van der Waals surface area contributed by atoms with Gasteiger partial charge in [-0.1, -0.05) is 40.9 Å². The van der Waals surface area contributed by atoms with Gasteiger partial charge in [-0.05, 0) is 42.0 Å². The van der Waals surface area contributed by atoms with Crippen molar-refractivity contribution in [2.75, 3.05) is 12.1 Å². The van der Waals surface area contributed by atoms with Crippen LogP contribution in [0.25, 0.3) is 5.83 Å². The van der Waals surface area contributed by atoms with E-state index in [1.165, 1.54) is 25.5 Å². The largest absolute Gasteiger partial charge is 0.417 e. The molecule has 0 aliphatic rings. The molecule has 202 valence electrons. The molecule has 1 aromatic heterocycles. The summed E-state index contributed by atoms with van der Waals surface area (Å²) in [5.41, 5.74) is -1.81. The van der Waals surface area contributed by atoms with Crippen molar-refractivity contribution in [3.05, 3.63) is 92.2 Å². The number of nitrogens with one attached hydrogen (secondary N) is 1. The third-order valence-electron chi connectivity index (χ3n) is 5.00. The number of carbonyl (C=O) groups excluding carboxylic acids is 1. The fourth-order valence-corrected chi connectivity index (χ4v) is 3.84. The molecule has 0 radical (unpaired) electrons. The normalized spacial score (nSPS) is 13.3. The Morgan fingerprint density at radius 3 is 2.11 bits per heavy atom. The number of hydrogen-bond donors (Lipinski definition) is 1. The number of alkyl halides is 6. The zero-order valence-electron chi connectivity index (χ0n) is 18.8. The SMILES string of the molecule is CN(NC(=O)c1ccc(/C(F)=C/[C@H](c2cc(Cl)c(Cl)c(Cl)c2)C(F)(F)F)cc1C(F)(F)F)c1ncccn1. The molecule has 15 heteroatoms. The van der Waals surface area contributed by atoms with Crippen LogP contribution in [0.4, 0.5) is 36.7 Å². The quantitative estimate of drug-likeness (QED) is 0.177. The summed E-state index contributed by atoms with van der Waals surface area (Å²) >= 11 is 17.3. The Labute approximate surface area is 225 Å². The molecule has 5 nitrogen and oxygen atoms in total. The van der Waals surface area contributed by atoms with Crippen molar-refractivity contribution in [2.45, 2.75) is 18.3 Å². The maximum Gasteiger partial charge on any atom is 0.417 e. The van der Waals surface area contributed by atoms with Gasteiger partial charge in [0, 0.05) is 25.0 Å². The lowest BCUT2D eigenvalue weighted by Gasteiger charge is -2.20. The van der Waals surface area contributed by atoms with E-state index < -0.39 is 52.3 Å². The minimum atomic E-state index is -5.16. The van der Waals surface area contributed by atoms with Gasteiger partial charge in [0.15, 0.2) is 0 Å². The van der Waals surface area contributed by atoms with Crippen molar-refractivity contribution in [3.63, 3.8) is 0 Å². The number of nitrogens with zero attached hydrogens (tertiary/aromatic N) is 3. The average Bonchev–Trinajstić information content (AvgIpc) is 2.84. The van der Waals surface area contributed by atoms with Gasteiger partial charge in [0.05, 0.1) is 26.2 Å². The number of hydrazine groups is 1. The van der Waals surface area contributed by atoms with Crippen LogP contribution in [0.2, 0.25) is 15.1 Å². The van der Waals surface area contributed by atoms with Crippen molar-refractivity contribution in [1.82, 2.24) is 15.4 Å². The lowest BCUT2D eigenvalue weighted by Crippen LogP contribution is -2.41. The van der Waals surface area contributed by atoms with Gasteiger partial charge in [0.25, 0.3) is 5.91 Å². The van der Waals surface area contributed by atoms with Gasteiger partial charge < -0.3 is 0 Å². The first-order valence-corrected chi connectivity index (χ1v) is 11.3. The van der Waals surface area contributed by atoms with Crippen molar-refractivity contribution in [2.24, 2.45) is 0 Å². The van der Waals surface area contributed by atoms with Gasteiger partial charge >= 0.3 is 12.4 Å². The molecular weight excluding hydrogens is 588 g/mol. The number of halogens is 10. The highest BCUT2D eigenvalue weighted by Crippen LogP contribution is 2.42. The summed E-state index contributed by atoms with van der Waals surface area (Å²) in [6.07, 6.45) is -7.50. The molecule has 1 atom stereocenters. The van der Waals surface area contributed by atoms with Crippen molar-refractivity contribution < 1.29 is 35.5 Å². The second-order valence-corrected chi connectivity index (χ2v) is 8.83. The molecule has 3 aromatic rings. The Bertz CT molecular complexity index is 1340. The summed E-state index contributed by atoms with van der Waals surface area (Å²) in [6.45, 7) is 0. The predicted octanol–water partition coefficient (Wildman–Crippen LogP) is 7.89. The minimum Gasteiger partial charge on any atom is -0.267 e. The van der Waals surface area contributed by atoms with Crippen LogP contribution in [-0.2, 0) is 6.18 Å². The van der Waals surface area contributed by atoms with Gasteiger partial charge in [0.1, 0.15) is 11.7 Å². The molecule has 38 heavy (non-hydrogen) atoms. The van der Waals surface area contributed by atoms with Gasteiger partial charge in [-0.3, -0.25) is 15.2 Å². The monoisotopic (exact) mass is 600 g/mol. The number of amides is 1. The Morgan fingerprint density at radius 2 is 1.58 bits per heavy atom. The molecule has 1 N–H and O–H groups in total. The number of anilines is 1. The summed E-state index contributed by atoms with van der Waals surface area (Å²) in [5, 5.41) is 0.0546. The molecule has 1 heterocycles. The second-order valence-electron chi connectivity index (χ2n) is 7.64. The van der Waals surface area contributed by atoms with Crippen LogP contribution in [0.1, 0.15) is 33.0 Å². The van der Waals surface area contributed by atoms with Crippen LogP contribution in [0.15, 0.2) is 54.9 Å². The van der Waals surface area contributed by atoms with E-state index in [0.717, 1.165) is 23.2 Å². The predicted molar refractivity (Wildman–Crippen MR) is 129 cm³/mol. The van der Waals surface area contributed by atoms with E-state index >= 15 is 0 Å². The molecule has 0 spiro atoms. The summed E-state index contributed by atoms with van der Waals surface area (Å²) in [6, 6.07) is 4.72. The summed E-state index contributed by atoms with van der Waals surface area (Å²) < 4.78 is 97.6. The molecule has 0 saturated carbocycles. The molecule has 2 aromatic carbocycles. The highest BCUT2D eigenvalue weighted by molar-refractivity contribution is 6.48. The van der Waals surface area contributed by atoms with E-state index in [4.69, 9.17) is 34.8 Å². The van der Waals surface area contributed by atoms with Crippen LogP contribution >= 0.6 is 34.8 Å². The summed E-state index contributed by atoms with van der Waals surface area (Å²) in [7, 11) is 1.27. The zero-order valence-corrected chi connectivity index (χ0v) is 21.1. The smallest absolute Gasteiger partial charge is 0.267 e. The van der Waals surface area contributed by atoms with E-state index in [0.29, 0.717) is 6.07 Å². The Hall–Kier alpha value is -3.09. The van der Waals surface area contributed by atoms with Gasteiger partial charge in [-0.2, -0.15) is 26.3 Å². The van der Waals surface area contributed by atoms with Crippen LogP contribution < -0.4 is 10.4 Å². The van der Waals surface area contributed by atoms with Crippen molar-refractivity contribution in [3.8, 4) is 0 Å². The van der Waals surface area contributed by atoms with Crippen LogP contribution in [0, 0.1) is 0 Å². The molecule has 1 amide bonds. The Morgan fingerprint density at radius 1 is 1.00 bits per heavy atom. The third kappa shape index (κ3) is 6.86. The molecule has 0 bridgehead atoms. The van der Waals surface area contributed by atoms with E-state index in [2.05, 4.69) is 15.4 Å². The number of carbonyl (C=O) groups is 1. The standard InChI is InChI=1S/C23H14Cl3F7N4O/c1-37(21-34-5-2-6-35-21)36-20(38)13-4-3-11(7-15(13)23(31,32)33)18(27)10-14(22(28,29)30)12-8-16(24)19(26)17(25)9-12/h2-10,14H,1H3,(H,36,38)/b18-10-/t14-/m1/s1. The molecular formula is C23H14Cl3F7N4O. The van der Waals surface area contributed by atoms with E-state index in [9.17, 15) is 35.5 Å². The van der Waals surface area contributed by atoms with Crippen LogP contribution in [0.3, 0.4) is 0 Å². The fraction of sp³-hybridized carbons (Fsp3) is 0.174. The lowest BCUT2D eigenvalue weighted by atomic mass is 9.95. The molecule has 0 aliphatic carbocycles. The molecule has 3 rings (SSSR count). The maximum absolute atomic E-state index is 15.0. The zero-order chi connectivity index (χ0) is 28.4. The number of aromatic nitrogens is 2. The Kier molecular flexibility index (Phi) is 8.79. The Balaban J connectivity index is 2.01. The number of benzene rings is 2. The molecule has 0 saturated heterocycles. The third-order valence-corrected chi connectivity index (χ3v) is 6.19. The molecule has 0 fully saturated rings. The molecule has 0 aliphatic heterocycles. The first kappa shape index (κ1) is 29.5. The topological polar surface area (TPSA) is 58.1 Å². The highest BCUT2D eigenvalue weighted by Gasteiger charge is 2.41. The number of hydrogen-bond acceptors (Lipinski definition) is 4. The lowest BCUT2D eigenvalue weighted by molar-refractivity contribution is -0.140. The van der Waals surface area contributed by atoms with Gasteiger partial charge in [0.2, 0.25) is 5.95 Å². The van der Waals surface area contributed by atoms with Crippen LogP contribution in [0.5, 0.6) is 0 Å². The summed E-state index contributed by atoms with van der Waals surface area (Å²) in [4.78, 5) is 20.2. The second kappa shape index (κ2) is 11.3. The average molecular weight is 602 g/mol. The summed E-state index contributed by atoms with van der Waals surface area (Å²) in [5.74, 6) is -5.56. The maximum atomic E-state index is 15.0. The molecule has 0 unspecified atom stereocenters. The van der Waals surface area contributed by atoms with Crippen LogP contribution in [-0.4, -0.2) is 29.1 Å². The van der Waals surface area contributed by atoms with E-state index in [-0.39, 0.29) is 33.2 Å². The van der Waals surface area contributed by atoms with E-state index in [1.54, 1.807) is 0 Å². The van der Waals surface area contributed by atoms with Gasteiger partial charge in [-0.25, -0.2) is 14.4 Å². The van der Waals surface area contributed by atoms with Crippen molar-refractivity contribution >= 4 is 52.5 Å². The van der Waals surface area contributed by atoms with E-state index in [1.807, 2.05) is 0 Å².